The van der Waals surface area contributed by atoms with Crippen LogP contribution in [0.2, 0.25) is 0 Å². The standard InChI is InChI=1S/C14H17N3O3S/c1-14(2,3)20-13(19)16-7-11(18)17-9-8-21-10-5-4-6-15-12(9)10/h4-6,8H,7H2,1-3H3,(H,16,19)(H,17,18). The van der Waals surface area contributed by atoms with Crippen molar-refractivity contribution < 1.29 is 14.3 Å². The number of anilines is 1. The lowest BCUT2D eigenvalue weighted by Crippen LogP contribution is -2.37. The van der Waals surface area contributed by atoms with Crippen LogP contribution in [-0.4, -0.2) is 29.1 Å². The molecule has 0 aromatic carbocycles. The third-order valence-corrected chi connectivity index (χ3v) is 3.33. The van der Waals surface area contributed by atoms with Crippen molar-refractivity contribution >= 4 is 39.2 Å². The molecule has 7 heteroatoms. The summed E-state index contributed by atoms with van der Waals surface area (Å²) in [6.45, 7) is 5.13. The van der Waals surface area contributed by atoms with E-state index in [1.807, 2.05) is 17.5 Å². The Bertz CT molecular complexity index is 661. The molecule has 2 aromatic heterocycles. The summed E-state index contributed by atoms with van der Waals surface area (Å²) in [5.41, 5.74) is 0.799. The number of nitrogens with one attached hydrogen (secondary N) is 2. The van der Waals surface area contributed by atoms with Crippen LogP contribution >= 0.6 is 11.3 Å². The molecule has 0 atom stereocenters. The summed E-state index contributed by atoms with van der Waals surface area (Å²) in [5, 5.41) is 6.95. The highest BCUT2D eigenvalue weighted by Crippen LogP contribution is 2.27. The summed E-state index contributed by atoms with van der Waals surface area (Å²) in [6, 6.07) is 3.77. The van der Waals surface area contributed by atoms with Gasteiger partial charge in [0.2, 0.25) is 5.91 Å². The lowest BCUT2D eigenvalue weighted by Gasteiger charge is -2.19. The van der Waals surface area contributed by atoms with Gasteiger partial charge in [0.05, 0.1) is 10.4 Å². The minimum atomic E-state index is -0.619. The lowest BCUT2D eigenvalue weighted by molar-refractivity contribution is -0.115. The molecule has 0 bridgehead atoms. The molecule has 0 radical (unpaired) electrons. The van der Waals surface area contributed by atoms with E-state index in [-0.39, 0.29) is 12.5 Å². The van der Waals surface area contributed by atoms with E-state index in [2.05, 4.69) is 15.6 Å². The van der Waals surface area contributed by atoms with Gasteiger partial charge in [-0.15, -0.1) is 11.3 Å². The van der Waals surface area contributed by atoms with Crippen LogP contribution in [0.3, 0.4) is 0 Å². The molecule has 0 fully saturated rings. The van der Waals surface area contributed by atoms with Gasteiger partial charge in [-0.05, 0) is 32.9 Å². The largest absolute Gasteiger partial charge is 0.444 e. The van der Waals surface area contributed by atoms with E-state index >= 15 is 0 Å². The quantitative estimate of drug-likeness (QED) is 0.913. The fourth-order valence-electron chi connectivity index (χ4n) is 1.62. The van der Waals surface area contributed by atoms with E-state index in [0.717, 1.165) is 10.2 Å². The number of fused-ring (bicyclic) bond motifs is 1. The fraction of sp³-hybridized carbons (Fsp3) is 0.357. The predicted octanol–water partition coefficient (Wildman–Crippen LogP) is 2.76. The van der Waals surface area contributed by atoms with Crippen LogP contribution in [0, 0.1) is 0 Å². The van der Waals surface area contributed by atoms with E-state index in [4.69, 9.17) is 4.74 Å². The van der Waals surface area contributed by atoms with Gasteiger partial charge < -0.3 is 15.4 Å². The maximum absolute atomic E-state index is 11.8. The zero-order valence-corrected chi connectivity index (χ0v) is 12.9. The van der Waals surface area contributed by atoms with Crippen LogP contribution in [0.5, 0.6) is 0 Å². The van der Waals surface area contributed by atoms with Gasteiger partial charge in [-0.2, -0.15) is 0 Å². The zero-order chi connectivity index (χ0) is 15.5. The first kappa shape index (κ1) is 15.2. The number of thiophene rings is 1. The van der Waals surface area contributed by atoms with Gasteiger partial charge in [0.25, 0.3) is 0 Å². The van der Waals surface area contributed by atoms with Gasteiger partial charge in [-0.3, -0.25) is 9.78 Å². The number of carbonyl (C=O) groups is 2. The monoisotopic (exact) mass is 307 g/mol. The zero-order valence-electron chi connectivity index (χ0n) is 12.1. The molecule has 0 saturated heterocycles. The molecule has 0 saturated carbocycles. The van der Waals surface area contributed by atoms with E-state index in [1.54, 1.807) is 27.0 Å². The summed E-state index contributed by atoms with van der Waals surface area (Å²) in [6.07, 6.45) is 1.05. The first-order valence-electron chi connectivity index (χ1n) is 6.44. The van der Waals surface area contributed by atoms with Crippen LogP contribution in [0.1, 0.15) is 20.8 Å². The maximum Gasteiger partial charge on any atom is 0.408 e. The molecule has 0 aliphatic carbocycles. The van der Waals surface area contributed by atoms with Crippen LogP contribution in [0.25, 0.3) is 10.2 Å². The van der Waals surface area contributed by atoms with Crippen molar-refractivity contribution in [1.29, 1.82) is 0 Å². The number of hydrogen-bond donors (Lipinski definition) is 2. The van der Waals surface area contributed by atoms with Crippen molar-refractivity contribution in [2.24, 2.45) is 0 Å². The highest BCUT2D eigenvalue weighted by Gasteiger charge is 2.17. The summed E-state index contributed by atoms with van der Waals surface area (Å²) < 4.78 is 6.05. The number of rotatable bonds is 3. The van der Waals surface area contributed by atoms with Crippen molar-refractivity contribution in [2.75, 3.05) is 11.9 Å². The van der Waals surface area contributed by atoms with Gasteiger partial charge in [-0.25, -0.2) is 4.79 Å². The molecule has 6 nitrogen and oxygen atoms in total. The first-order chi connectivity index (χ1) is 9.85. The third-order valence-electron chi connectivity index (χ3n) is 2.40. The second-order valence-electron chi connectivity index (χ2n) is 5.40. The number of ether oxygens (including phenoxy) is 1. The summed E-state index contributed by atoms with van der Waals surface area (Å²) in [7, 11) is 0. The molecular formula is C14H17N3O3S. The summed E-state index contributed by atoms with van der Waals surface area (Å²) in [5.74, 6) is -0.328. The second kappa shape index (κ2) is 6.09. The number of hydrogen-bond acceptors (Lipinski definition) is 5. The molecule has 0 unspecified atom stereocenters. The number of alkyl carbamates (subject to hydrolysis) is 1. The van der Waals surface area contributed by atoms with Crippen LogP contribution in [-0.2, 0) is 9.53 Å². The smallest absolute Gasteiger partial charge is 0.408 e. The Morgan fingerprint density at radius 3 is 2.86 bits per heavy atom. The Morgan fingerprint density at radius 2 is 2.14 bits per heavy atom. The minimum Gasteiger partial charge on any atom is -0.444 e. The van der Waals surface area contributed by atoms with E-state index in [0.29, 0.717) is 5.69 Å². The highest BCUT2D eigenvalue weighted by molar-refractivity contribution is 7.17. The van der Waals surface area contributed by atoms with Crippen molar-refractivity contribution in [3.05, 3.63) is 23.7 Å². The van der Waals surface area contributed by atoms with Crippen molar-refractivity contribution in [1.82, 2.24) is 10.3 Å². The molecule has 0 aliphatic heterocycles. The molecule has 0 spiro atoms. The SMILES string of the molecule is CC(C)(C)OC(=O)NCC(=O)Nc1csc2cccnc12. The Labute approximate surface area is 126 Å². The molecule has 2 rings (SSSR count). The van der Waals surface area contributed by atoms with Crippen LogP contribution in [0.15, 0.2) is 23.7 Å². The molecule has 21 heavy (non-hydrogen) atoms. The summed E-state index contributed by atoms with van der Waals surface area (Å²) >= 11 is 1.50. The van der Waals surface area contributed by atoms with Crippen molar-refractivity contribution in [2.45, 2.75) is 26.4 Å². The average Bonchev–Trinajstić information content (AvgIpc) is 2.78. The maximum atomic E-state index is 11.8. The fourth-order valence-corrected chi connectivity index (χ4v) is 2.46. The number of nitrogens with zero attached hydrogens (tertiary/aromatic N) is 1. The number of carbonyl (C=O) groups excluding carboxylic acids is 2. The van der Waals surface area contributed by atoms with Crippen molar-refractivity contribution in [3.63, 3.8) is 0 Å². The molecule has 2 N–H and O–H groups in total. The third kappa shape index (κ3) is 4.42. The van der Waals surface area contributed by atoms with Crippen LogP contribution in [0.4, 0.5) is 10.5 Å². The predicted molar refractivity (Wildman–Crippen MR) is 82.5 cm³/mol. The van der Waals surface area contributed by atoms with Gasteiger partial charge >= 0.3 is 6.09 Å². The number of pyridine rings is 1. The number of amides is 2. The lowest BCUT2D eigenvalue weighted by atomic mass is 10.2. The van der Waals surface area contributed by atoms with Gasteiger partial charge in [0.15, 0.2) is 0 Å². The molecule has 2 aromatic rings. The van der Waals surface area contributed by atoms with Gasteiger partial charge in [0.1, 0.15) is 17.7 Å². The van der Waals surface area contributed by atoms with Gasteiger partial charge in [0, 0.05) is 11.6 Å². The van der Waals surface area contributed by atoms with Crippen molar-refractivity contribution in [3.8, 4) is 0 Å². The first-order valence-corrected chi connectivity index (χ1v) is 7.32. The van der Waals surface area contributed by atoms with Crippen LogP contribution < -0.4 is 10.6 Å². The molecule has 112 valence electrons. The Hall–Kier alpha value is -2.15. The molecule has 2 amide bonds. The minimum absolute atomic E-state index is 0.154. The topological polar surface area (TPSA) is 80.3 Å². The molecule has 0 aliphatic rings. The number of aromatic nitrogens is 1. The van der Waals surface area contributed by atoms with Gasteiger partial charge in [-0.1, -0.05) is 0 Å². The second-order valence-corrected chi connectivity index (χ2v) is 6.31. The summed E-state index contributed by atoms with van der Waals surface area (Å²) in [4.78, 5) is 27.5. The normalized spacial score (nSPS) is 11.2. The molecule has 2 heterocycles. The van der Waals surface area contributed by atoms with E-state index in [9.17, 15) is 9.59 Å². The van der Waals surface area contributed by atoms with E-state index < -0.39 is 11.7 Å². The highest BCUT2D eigenvalue weighted by atomic mass is 32.1. The average molecular weight is 307 g/mol. The Morgan fingerprint density at radius 1 is 1.38 bits per heavy atom. The molecular weight excluding hydrogens is 290 g/mol. The Balaban J connectivity index is 1.89. The van der Waals surface area contributed by atoms with E-state index in [1.165, 1.54) is 11.3 Å². The Kier molecular flexibility index (Phi) is 4.42.